The fourth-order valence-corrected chi connectivity index (χ4v) is 2.58. The van der Waals surface area contributed by atoms with Gasteiger partial charge in [0, 0.05) is 32.4 Å². The van der Waals surface area contributed by atoms with Crippen LogP contribution in [-0.4, -0.2) is 24.5 Å². The molecule has 0 bridgehead atoms. The lowest BCUT2D eigenvalue weighted by Crippen LogP contribution is -2.37. The van der Waals surface area contributed by atoms with Crippen molar-refractivity contribution in [1.29, 1.82) is 0 Å². The van der Waals surface area contributed by atoms with E-state index in [1.54, 1.807) is 43.6 Å². The van der Waals surface area contributed by atoms with Crippen LogP contribution in [0.3, 0.4) is 0 Å². The van der Waals surface area contributed by atoms with Gasteiger partial charge in [-0.15, -0.1) is 0 Å². The summed E-state index contributed by atoms with van der Waals surface area (Å²) >= 11 is 0. The molecule has 1 aromatic heterocycles. The molecule has 0 aliphatic rings. The monoisotopic (exact) mass is 396 g/mol. The molecular weight excluding hydrogens is 374 g/mol. The van der Waals surface area contributed by atoms with E-state index >= 15 is 0 Å². The van der Waals surface area contributed by atoms with Crippen molar-refractivity contribution in [3.8, 4) is 11.6 Å². The molecule has 0 aliphatic carbocycles. The van der Waals surface area contributed by atoms with Gasteiger partial charge in [-0.05, 0) is 53.9 Å². The fourth-order valence-electron chi connectivity index (χ4n) is 2.58. The number of hydrogen-bond donors (Lipinski definition) is 2. The molecule has 7 heteroatoms. The summed E-state index contributed by atoms with van der Waals surface area (Å²) < 4.78 is 31.4. The summed E-state index contributed by atoms with van der Waals surface area (Å²) in [6.07, 6.45) is 2.47. The Bertz CT molecular complexity index is 927. The van der Waals surface area contributed by atoms with Crippen LogP contribution in [0.4, 0.5) is 8.78 Å². The van der Waals surface area contributed by atoms with Crippen molar-refractivity contribution in [3.63, 3.8) is 0 Å². The van der Waals surface area contributed by atoms with Crippen LogP contribution in [-0.2, 0) is 13.0 Å². The molecular formula is C22H22F2N4O. The van der Waals surface area contributed by atoms with Crippen LogP contribution in [0.25, 0.3) is 0 Å². The minimum Gasteiger partial charge on any atom is -0.439 e. The van der Waals surface area contributed by atoms with E-state index in [1.807, 2.05) is 6.07 Å². The maximum atomic E-state index is 12.9. The second-order valence-corrected chi connectivity index (χ2v) is 6.29. The smallest absolute Gasteiger partial charge is 0.219 e. The van der Waals surface area contributed by atoms with Crippen molar-refractivity contribution < 1.29 is 13.5 Å². The van der Waals surface area contributed by atoms with E-state index in [4.69, 9.17) is 4.74 Å². The van der Waals surface area contributed by atoms with Crippen molar-refractivity contribution in [2.45, 2.75) is 13.0 Å². The molecule has 0 spiro atoms. The van der Waals surface area contributed by atoms with Gasteiger partial charge in [0.25, 0.3) is 0 Å². The van der Waals surface area contributed by atoms with Crippen LogP contribution in [0.1, 0.15) is 11.1 Å². The summed E-state index contributed by atoms with van der Waals surface area (Å²) in [6.45, 7) is 1.22. The predicted octanol–water partition coefficient (Wildman–Crippen LogP) is 4.06. The molecule has 0 saturated heterocycles. The fraction of sp³-hybridized carbons (Fsp3) is 0.182. The summed E-state index contributed by atoms with van der Waals surface area (Å²) in [6, 6.07) is 15.9. The van der Waals surface area contributed by atoms with E-state index in [9.17, 15) is 8.78 Å². The zero-order chi connectivity index (χ0) is 20.5. The normalized spacial score (nSPS) is 11.2. The minimum atomic E-state index is -0.314. The van der Waals surface area contributed by atoms with Gasteiger partial charge in [0.1, 0.15) is 17.4 Å². The van der Waals surface area contributed by atoms with E-state index in [2.05, 4.69) is 20.6 Å². The van der Waals surface area contributed by atoms with Crippen LogP contribution in [0.15, 0.2) is 71.9 Å². The molecule has 2 aromatic carbocycles. The second-order valence-electron chi connectivity index (χ2n) is 6.29. The molecule has 0 unspecified atom stereocenters. The Kier molecular flexibility index (Phi) is 7.10. The van der Waals surface area contributed by atoms with Crippen LogP contribution >= 0.6 is 0 Å². The molecule has 150 valence electrons. The standard InChI is InChI=1S/C22H22F2N4O/c1-25-22(26-13-12-16-2-5-18(23)6-3-16)28-15-17-4-11-21(27-14-17)29-20-9-7-19(24)8-10-20/h2-11,14H,12-13,15H2,1H3,(H2,25,26,28). The van der Waals surface area contributed by atoms with Gasteiger partial charge in [-0.25, -0.2) is 13.8 Å². The van der Waals surface area contributed by atoms with E-state index in [0.29, 0.717) is 30.7 Å². The largest absolute Gasteiger partial charge is 0.439 e. The average Bonchev–Trinajstić information content (AvgIpc) is 2.74. The van der Waals surface area contributed by atoms with Crippen LogP contribution < -0.4 is 15.4 Å². The van der Waals surface area contributed by atoms with Gasteiger partial charge in [-0.2, -0.15) is 0 Å². The maximum Gasteiger partial charge on any atom is 0.219 e. The van der Waals surface area contributed by atoms with Gasteiger partial charge >= 0.3 is 0 Å². The maximum absolute atomic E-state index is 12.9. The van der Waals surface area contributed by atoms with Crippen LogP contribution in [0.2, 0.25) is 0 Å². The lowest BCUT2D eigenvalue weighted by Gasteiger charge is -2.12. The first-order valence-corrected chi connectivity index (χ1v) is 9.20. The number of rotatable bonds is 7. The van der Waals surface area contributed by atoms with Crippen molar-refractivity contribution >= 4 is 5.96 Å². The molecule has 5 nitrogen and oxygen atoms in total. The summed E-state index contributed by atoms with van der Waals surface area (Å²) in [5.74, 6) is 1.07. The Hall–Kier alpha value is -3.48. The van der Waals surface area contributed by atoms with E-state index < -0.39 is 0 Å². The number of guanidine groups is 1. The number of aromatic nitrogens is 1. The Morgan fingerprint density at radius 2 is 1.55 bits per heavy atom. The predicted molar refractivity (Wildman–Crippen MR) is 109 cm³/mol. The molecule has 2 N–H and O–H groups in total. The van der Waals surface area contributed by atoms with Crippen LogP contribution in [0, 0.1) is 11.6 Å². The lowest BCUT2D eigenvalue weighted by atomic mass is 10.1. The molecule has 0 aliphatic heterocycles. The first-order valence-electron chi connectivity index (χ1n) is 9.20. The quantitative estimate of drug-likeness (QED) is 0.467. The highest BCUT2D eigenvalue weighted by molar-refractivity contribution is 5.79. The average molecular weight is 396 g/mol. The molecule has 3 rings (SSSR count). The minimum absolute atomic E-state index is 0.234. The van der Waals surface area contributed by atoms with Gasteiger partial charge in [0.05, 0.1) is 0 Å². The highest BCUT2D eigenvalue weighted by Gasteiger charge is 2.02. The highest BCUT2D eigenvalue weighted by atomic mass is 19.1. The summed E-state index contributed by atoms with van der Waals surface area (Å²) in [5, 5.41) is 6.43. The van der Waals surface area contributed by atoms with Gasteiger partial charge in [-0.1, -0.05) is 18.2 Å². The van der Waals surface area contributed by atoms with E-state index in [0.717, 1.165) is 17.5 Å². The number of nitrogens with zero attached hydrogens (tertiary/aromatic N) is 2. The Labute approximate surface area is 168 Å². The van der Waals surface area contributed by atoms with Gasteiger partial charge in [0.15, 0.2) is 5.96 Å². The molecule has 3 aromatic rings. The molecule has 0 atom stereocenters. The molecule has 0 fully saturated rings. The number of benzene rings is 2. The van der Waals surface area contributed by atoms with Crippen molar-refractivity contribution in [1.82, 2.24) is 15.6 Å². The lowest BCUT2D eigenvalue weighted by molar-refractivity contribution is 0.461. The van der Waals surface area contributed by atoms with Gasteiger partial charge < -0.3 is 15.4 Å². The van der Waals surface area contributed by atoms with Crippen molar-refractivity contribution in [3.05, 3.63) is 89.6 Å². The van der Waals surface area contributed by atoms with E-state index in [-0.39, 0.29) is 11.6 Å². The summed E-state index contributed by atoms with van der Waals surface area (Å²) in [4.78, 5) is 8.45. The van der Waals surface area contributed by atoms with Gasteiger partial charge in [-0.3, -0.25) is 4.99 Å². The van der Waals surface area contributed by atoms with Gasteiger partial charge in [0.2, 0.25) is 5.88 Å². The number of ether oxygens (including phenoxy) is 1. The molecule has 0 amide bonds. The third kappa shape index (κ3) is 6.57. The summed E-state index contributed by atoms with van der Waals surface area (Å²) in [7, 11) is 1.70. The highest BCUT2D eigenvalue weighted by Crippen LogP contribution is 2.19. The zero-order valence-electron chi connectivity index (χ0n) is 16.0. The molecule has 1 heterocycles. The Morgan fingerprint density at radius 1 is 0.897 bits per heavy atom. The Balaban J connectivity index is 1.44. The first kappa shape index (κ1) is 20.3. The third-order valence-corrected chi connectivity index (χ3v) is 4.14. The SMILES string of the molecule is CN=C(NCCc1ccc(F)cc1)NCc1ccc(Oc2ccc(F)cc2)nc1. The Morgan fingerprint density at radius 3 is 2.17 bits per heavy atom. The number of pyridine rings is 1. The number of aliphatic imine (C=N–C) groups is 1. The zero-order valence-corrected chi connectivity index (χ0v) is 16.0. The molecule has 29 heavy (non-hydrogen) atoms. The van der Waals surface area contributed by atoms with Crippen molar-refractivity contribution in [2.24, 2.45) is 4.99 Å². The molecule has 0 radical (unpaired) electrons. The first-order chi connectivity index (χ1) is 14.1. The van der Waals surface area contributed by atoms with Crippen molar-refractivity contribution in [2.75, 3.05) is 13.6 Å². The van der Waals surface area contributed by atoms with E-state index in [1.165, 1.54) is 24.3 Å². The number of halogens is 2. The second kappa shape index (κ2) is 10.2. The molecule has 0 saturated carbocycles. The third-order valence-electron chi connectivity index (χ3n) is 4.14. The van der Waals surface area contributed by atoms with Crippen LogP contribution in [0.5, 0.6) is 11.6 Å². The topological polar surface area (TPSA) is 58.5 Å². The number of nitrogens with one attached hydrogen (secondary N) is 2. The number of hydrogen-bond acceptors (Lipinski definition) is 3. The summed E-state index contributed by atoms with van der Waals surface area (Å²) in [5.41, 5.74) is 2.01.